The van der Waals surface area contributed by atoms with Crippen molar-refractivity contribution in [3.63, 3.8) is 0 Å². The number of carbonyl (C=O) groups is 3. The van der Waals surface area contributed by atoms with E-state index < -0.39 is 29.1 Å². The molecule has 1 atom stereocenters. The van der Waals surface area contributed by atoms with E-state index in [1.54, 1.807) is 27.7 Å². The molecule has 0 saturated carbocycles. The topological polar surface area (TPSA) is 105 Å². The van der Waals surface area contributed by atoms with E-state index in [1.807, 2.05) is 31.2 Å². The number of aliphatic carboxylic acids is 1. The summed E-state index contributed by atoms with van der Waals surface area (Å²) < 4.78 is 5.65. The van der Waals surface area contributed by atoms with Crippen LogP contribution in [0.5, 0.6) is 0 Å². The standard InChI is InChI=1S/C27H34N2O5/c1-6-17(15-23(30)31)28-24(32)26(2,3)27(4,5)29-25(33)34-16-22-20-13-9-7-11-18(20)19-12-8-10-14-21(19)22/h7-14,17,22H,6,15-16H2,1-5H3,(H,28,32)(H,29,33)(H,30,31). The fraction of sp³-hybridized carbons (Fsp3) is 0.444. The van der Waals surface area contributed by atoms with Crippen LogP contribution in [0.1, 0.15) is 64.5 Å². The van der Waals surface area contributed by atoms with Crippen molar-refractivity contribution in [2.75, 3.05) is 6.61 Å². The van der Waals surface area contributed by atoms with Gasteiger partial charge in [0, 0.05) is 12.0 Å². The Balaban J connectivity index is 1.66. The Morgan fingerprint density at radius 1 is 0.971 bits per heavy atom. The summed E-state index contributed by atoms with van der Waals surface area (Å²) in [5.74, 6) is -1.36. The van der Waals surface area contributed by atoms with Crippen molar-refractivity contribution < 1.29 is 24.2 Å². The van der Waals surface area contributed by atoms with Gasteiger partial charge in [0.25, 0.3) is 0 Å². The molecular formula is C27H34N2O5. The van der Waals surface area contributed by atoms with Gasteiger partial charge in [0.1, 0.15) is 6.61 Å². The summed E-state index contributed by atoms with van der Waals surface area (Å²) in [5, 5.41) is 14.7. The van der Waals surface area contributed by atoms with Crippen LogP contribution in [0.2, 0.25) is 0 Å². The number of benzene rings is 2. The number of fused-ring (bicyclic) bond motifs is 3. The Labute approximate surface area is 200 Å². The zero-order valence-electron chi connectivity index (χ0n) is 20.5. The van der Waals surface area contributed by atoms with E-state index in [2.05, 4.69) is 34.9 Å². The van der Waals surface area contributed by atoms with Crippen LogP contribution < -0.4 is 10.6 Å². The highest BCUT2D eigenvalue weighted by Crippen LogP contribution is 2.44. The third-order valence-electron chi connectivity index (χ3n) is 7.14. The molecule has 0 spiro atoms. The fourth-order valence-corrected chi connectivity index (χ4v) is 4.20. The summed E-state index contributed by atoms with van der Waals surface area (Å²) in [6.07, 6.45) is -0.266. The van der Waals surface area contributed by atoms with Crippen LogP contribution in [0, 0.1) is 5.41 Å². The van der Waals surface area contributed by atoms with E-state index in [4.69, 9.17) is 9.84 Å². The maximum Gasteiger partial charge on any atom is 0.407 e. The molecule has 0 heterocycles. The van der Waals surface area contributed by atoms with E-state index in [-0.39, 0.29) is 24.9 Å². The number of alkyl carbamates (subject to hydrolysis) is 1. The Hall–Kier alpha value is -3.35. The maximum atomic E-state index is 13.0. The van der Waals surface area contributed by atoms with Gasteiger partial charge < -0.3 is 20.5 Å². The highest BCUT2D eigenvalue weighted by molar-refractivity contribution is 5.85. The van der Waals surface area contributed by atoms with E-state index in [1.165, 1.54) is 0 Å². The number of carboxylic acid groups (broad SMARTS) is 1. The van der Waals surface area contributed by atoms with Crippen molar-refractivity contribution in [2.24, 2.45) is 5.41 Å². The molecule has 1 aliphatic carbocycles. The van der Waals surface area contributed by atoms with Crippen molar-refractivity contribution in [3.8, 4) is 11.1 Å². The number of ether oxygens (including phenoxy) is 1. The summed E-state index contributed by atoms with van der Waals surface area (Å²) in [6, 6.07) is 15.8. The number of rotatable bonds is 9. The summed E-state index contributed by atoms with van der Waals surface area (Å²) >= 11 is 0. The molecule has 34 heavy (non-hydrogen) atoms. The van der Waals surface area contributed by atoms with Crippen molar-refractivity contribution in [1.82, 2.24) is 10.6 Å². The van der Waals surface area contributed by atoms with Crippen LogP contribution in [0.25, 0.3) is 11.1 Å². The minimum atomic E-state index is -1.02. The van der Waals surface area contributed by atoms with Crippen molar-refractivity contribution >= 4 is 18.0 Å². The minimum absolute atomic E-state index is 0.0566. The van der Waals surface area contributed by atoms with Gasteiger partial charge in [-0.05, 0) is 56.4 Å². The third kappa shape index (κ3) is 5.08. The molecular weight excluding hydrogens is 432 g/mol. The minimum Gasteiger partial charge on any atom is -0.481 e. The molecule has 1 unspecified atom stereocenters. The number of carbonyl (C=O) groups excluding carboxylic acids is 2. The molecule has 0 fully saturated rings. The predicted molar refractivity (Wildman–Crippen MR) is 131 cm³/mol. The van der Waals surface area contributed by atoms with Gasteiger partial charge in [0.05, 0.1) is 17.4 Å². The van der Waals surface area contributed by atoms with Crippen LogP contribution in [0.4, 0.5) is 4.79 Å². The number of amides is 2. The normalized spacial score (nSPS) is 14.0. The Morgan fingerprint density at radius 2 is 1.50 bits per heavy atom. The molecule has 182 valence electrons. The average molecular weight is 467 g/mol. The molecule has 2 aromatic rings. The third-order valence-corrected chi connectivity index (χ3v) is 7.14. The first-order chi connectivity index (χ1) is 16.0. The van der Waals surface area contributed by atoms with E-state index in [0.717, 1.165) is 22.3 Å². The molecule has 7 heteroatoms. The number of nitrogens with one attached hydrogen (secondary N) is 2. The Morgan fingerprint density at radius 3 is 2.00 bits per heavy atom. The molecule has 1 aliphatic rings. The Bertz CT molecular complexity index is 1030. The second-order valence-corrected chi connectivity index (χ2v) is 9.88. The van der Waals surface area contributed by atoms with Gasteiger partial charge in [-0.3, -0.25) is 9.59 Å². The van der Waals surface area contributed by atoms with E-state index in [9.17, 15) is 14.4 Å². The summed E-state index contributed by atoms with van der Waals surface area (Å²) in [7, 11) is 0. The monoisotopic (exact) mass is 466 g/mol. The van der Waals surface area contributed by atoms with Crippen LogP contribution in [0.15, 0.2) is 48.5 Å². The summed E-state index contributed by atoms with van der Waals surface area (Å²) in [4.78, 5) is 36.8. The lowest BCUT2D eigenvalue weighted by atomic mass is 9.73. The quantitative estimate of drug-likeness (QED) is 0.497. The first-order valence-electron chi connectivity index (χ1n) is 11.6. The van der Waals surface area contributed by atoms with Crippen molar-refractivity contribution in [1.29, 1.82) is 0 Å². The first-order valence-corrected chi connectivity index (χ1v) is 11.6. The van der Waals surface area contributed by atoms with Gasteiger partial charge >= 0.3 is 12.1 Å². The van der Waals surface area contributed by atoms with Crippen molar-refractivity contribution in [3.05, 3.63) is 59.7 Å². The molecule has 0 saturated heterocycles. The number of hydrogen-bond acceptors (Lipinski definition) is 4. The lowest BCUT2D eigenvalue weighted by molar-refractivity contribution is -0.138. The number of carboxylic acids is 1. The van der Waals surface area contributed by atoms with E-state index >= 15 is 0 Å². The zero-order valence-corrected chi connectivity index (χ0v) is 20.5. The van der Waals surface area contributed by atoms with Crippen LogP contribution in [-0.2, 0) is 14.3 Å². The highest BCUT2D eigenvalue weighted by Gasteiger charge is 2.45. The molecule has 0 aliphatic heterocycles. The molecule has 0 aromatic heterocycles. The second kappa shape index (κ2) is 9.87. The van der Waals surface area contributed by atoms with Gasteiger partial charge in [-0.25, -0.2) is 4.79 Å². The van der Waals surface area contributed by atoms with Gasteiger partial charge in [-0.15, -0.1) is 0 Å². The van der Waals surface area contributed by atoms with Crippen LogP contribution >= 0.6 is 0 Å². The van der Waals surface area contributed by atoms with Crippen molar-refractivity contribution in [2.45, 2.75) is 65.0 Å². The summed E-state index contributed by atoms with van der Waals surface area (Å²) in [6.45, 7) is 8.96. The van der Waals surface area contributed by atoms with Gasteiger partial charge in [-0.2, -0.15) is 0 Å². The van der Waals surface area contributed by atoms with Crippen LogP contribution in [-0.4, -0.2) is 41.3 Å². The molecule has 2 amide bonds. The maximum absolute atomic E-state index is 13.0. The average Bonchev–Trinajstić information content (AvgIpc) is 3.10. The van der Waals surface area contributed by atoms with Gasteiger partial charge in [0.2, 0.25) is 5.91 Å². The second-order valence-electron chi connectivity index (χ2n) is 9.88. The largest absolute Gasteiger partial charge is 0.481 e. The van der Waals surface area contributed by atoms with Gasteiger partial charge in [-0.1, -0.05) is 55.5 Å². The SMILES string of the molecule is CCC(CC(=O)O)NC(=O)C(C)(C)C(C)(C)NC(=O)OCC1c2ccccc2-c2ccccc21. The smallest absolute Gasteiger partial charge is 0.407 e. The first kappa shape index (κ1) is 25.3. The Kier molecular flexibility index (Phi) is 7.34. The molecule has 0 bridgehead atoms. The number of hydrogen-bond donors (Lipinski definition) is 3. The van der Waals surface area contributed by atoms with Gasteiger partial charge in [0.15, 0.2) is 0 Å². The van der Waals surface area contributed by atoms with E-state index in [0.29, 0.717) is 6.42 Å². The van der Waals surface area contributed by atoms with Crippen LogP contribution in [0.3, 0.4) is 0 Å². The lowest BCUT2D eigenvalue weighted by Gasteiger charge is -2.41. The predicted octanol–water partition coefficient (Wildman–Crippen LogP) is 4.70. The molecule has 7 nitrogen and oxygen atoms in total. The molecule has 3 rings (SSSR count). The molecule has 0 radical (unpaired) electrons. The zero-order chi connectivity index (χ0) is 25.1. The fourth-order valence-electron chi connectivity index (χ4n) is 4.20. The lowest BCUT2D eigenvalue weighted by Crippen LogP contribution is -2.60. The highest BCUT2D eigenvalue weighted by atomic mass is 16.5. The molecule has 2 aromatic carbocycles. The molecule has 3 N–H and O–H groups in total. The summed E-state index contributed by atoms with van der Waals surface area (Å²) in [5.41, 5.74) is 2.57.